The number of hydrogen-bond donors (Lipinski definition) is 1. The highest BCUT2D eigenvalue weighted by Gasteiger charge is 2.31. The fourth-order valence-electron chi connectivity index (χ4n) is 2.10. The lowest BCUT2D eigenvalue weighted by molar-refractivity contribution is -0.137. The van der Waals surface area contributed by atoms with Gasteiger partial charge in [0.25, 0.3) is 0 Å². The zero-order valence-electron chi connectivity index (χ0n) is 9.15. The Morgan fingerprint density at radius 1 is 1.12 bits per heavy atom. The molecule has 1 N–H and O–H groups in total. The average Bonchev–Trinajstić information content (AvgIpc) is 2.72. The molecule has 0 saturated heterocycles. The summed E-state index contributed by atoms with van der Waals surface area (Å²) >= 11 is 0. The summed E-state index contributed by atoms with van der Waals surface area (Å²) in [6.07, 6.45) is -0.437. The van der Waals surface area contributed by atoms with Crippen LogP contribution in [0.3, 0.4) is 0 Å². The summed E-state index contributed by atoms with van der Waals surface area (Å²) in [5.41, 5.74) is -0.795. The van der Waals surface area contributed by atoms with E-state index >= 15 is 0 Å². The van der Waals surface area contributed by atoms with Crippen molar-refractivity contribution in [2.24, 2.45) is 0 Å². The Kier molecular flexibility index (Phi) is 3.26. The van der Waals surface area contributed by atoms with Crippen molar-refractivity contribution < 1.29 is 17.6 Å². The Morgan fingerprint density at radius 3 is 2.29 bits per heavy atom. The van der Waals surface area contributed by atoms with Crippen LogP contribution < -0.4 is 5.32 Å². The van der Waals surface area contributed by atoms with Gasteiger partial charge in [-0.25, -0.2) is 4.39 Å². The predicted molar refractivity (Wildman–Crippen MR) is 57.3 cm³/mol. The van der Waals surface area contributed by atoms with E-state index in [4.69, 9.17) is 0 Å². The summed E-state index contributed by atoms with van der Waals surface area (Å²) in [5.74, 6) is -0.841. The molecule has 0 amide bonds. The lowest BCUT2D eigenvalue weighted by Gasteiger charge is -2.15. The molecule has 1 aliphatic rings. The highest BCUT2D eigenvalue weighted by atomic mass is 19.4. The summed E-state index contributed by atoms with van der Waals surface area (Å²) in [6.45, 7) is 0. The molecule has 94 valence electrons. The van der Waals surface area contributed by atoms with Gasteiger partial charge in [0.05, 0.1) is 11.3 Å². The summed E-state index contributed by atoms with van der Waals surface area (Å²) in [6, 6.07) is 2.79. The van der Waals surface area contributed by atoms with Gasteiger partial charge in [0.2, 0.25) is 0 Å². The molecule has 0 spiro atoms. The first-order valence-electron chi connectivity index (χ1n) is 5.60. The standard InChI is InChI=1S/C12H13F4N/c13-10-7-8(12(14,15)16)5-6-11(10)17-9-3-1-2-4-9/h5-7,9,17H,1-4H2. The molecule has 1 aromatic rings. The van der Waals surface area contributed by atoms with Gasteiger partial charge in [0, 0.05) is 6.04 Å². The number of halogens is 4. The summed E-state index contributed by atoms with van der Waals surface area (Å²) in [4.78, 5) is 0. The van der Waals surface area contributed by atoms with Crippen LogP contribution in [0.15, 0.2) is 18.2 Å². The van der Waals surface area contributed by atoms with E-state index in [1.807, 2.05) is 0 Å². The van der Waals surface area contributed by atoms with Crippen molar-refractivity contribution in [2.45, 2.75) is 37.9 Å². The molecular weight excluding hydrogens is 234 g/mol. The minimum Gasteiger partial charge on any atom is -0.380 e. The highest BCUT2D eigenvalue weighted by molar-refractivity contribution is 5.47. The van der Waals surface area contributed by atoms with E-state index in [9.17, 15) is 17.6 Å². The molecular formula is C12H13F4N. The van der Waals surface area contributed by atoms with Crippen molar-refractivity contribution in [2.75, 3.05) is 5.32 Å². The van der Waals surface area contributed by atoms with Crippen molar-refractivity contribution in [3.05, 3.63) is 29.6 Å². The zero-order valence-corrected chi connectivity index (χ0v) is 9.15. The molecule has 17 heavy (non-hydrogen) atoms. The van der Waals surface area contributed by atoms with Gasteiger partial charge in [-0.1, -0.05) is 12.8 Å². The number of hydrogen-bond acceptors (Lipinski definition) is 1. The molecule has 0 aromatic heterocycles. The fraction of sp³-hybridized carbons (Fsp3) is 0.500. The van der Waals surface area contributed by atoms with Gasteiger partial charge in [0.15, 0.2) is 0 Å². The summed E-state index contributed by atoms with van der Waals surface area (Å²) in [7, 11) is 0. The minimum absolute atomic E-state index is 0.157. The molecule has 2 rings (SSSR count). The largest absolute Gasteiger partial charge is 0.416 e. The molecule has 0 aliphatic heterocycles. The second kappa shape index (κ2) is 4.55. The van der Waals surface area contributed by atoms with Gasteiger partial charge in [-0.2, -0.15) is 13.2 Å². The van der Waals surface area contributed by atoms with Gasteiger partial charge in [-0.15, -0.1) is 0 Å². The Bertz CT molecular complexity index is 394. The van der Waals surface area contributed by atoms with E-state index < -0.39 is 17.6 Å². The number of rotatable bonds is 2. The molecule has 5 heteroatoms. The maximum absolute atomic E-state index is 13.5. The normalized spacial score (nSPS) is 17.4. The maximum atomic E-state index is 13.5. The van der Waals surface area contributed by atoms with Gasteiger partial charge >= 0.3 is 6.18 Å². The fourth-order valence-corrected chi connectivity index (χ4v) is 2.10. The van der Waals surface area contributed by atoms with Gasteiger partial charge in [0.1, 0.15) is 5.82 Å². The van der Waals surface area contributed by atoms with Gasteiger partial charge < -0.3 is 5.32 Å². The third kappa shape index (κ3) is 2.90. The van der Waals surface area contributed by atoms with Crippen molar-refractivity contribution in [1.82, 2.24) is 0 Å². The lowest BCUT2D eigenvalue weighted by atomic mass is 10.1. The molecule has 0 atom stereocenters. The number of anilines is 1. The monoisotopic (exact) mass is 247 g/mol. The first kappa shape index (κ1) is 12.2. The Hall–Kier alpha value is -1.26. The summed E-state index contributed by atoms with van der Waals surface area (Å²) < 4.78 is 50.4. The molecule has 0 bridgehead atoms. The Balaban J connectivity index is 2.14. The van der Waals surface area contributed by atoms with Crippen LogP contribution in [0.25, 0.3) is 0 Å². The van der Waals surface area contributed by atoms with Crippen LogP contribution in [0.4, 0.5) is 23.2 Å². The number of alkyl halides is 3. The van der Waals surface area contributed by atoms with E-state index in [1.54, 1.807) is 0 Å². The van der Waals surface area contributed by atoms with Crippen molar-refractivity contribution in [1.29, 1.82) is 0 Å². The molecule has 1 aromatic carbocycles. The molecule has 1 nitrogen and oxygen atoms in total. The topological polar surface area (TPSA) is 12.0 Å². The maximum Gasteiger partial charge on any atom is 0.416 e. The molecule has 1 saturated carbocycles. The third-order valence-electron chi connectivity index (χ3n) is 3.01. The van der Waals surface area contributed by atoms with E-state index in [2.05, 4.69) is 5.32 Å². The number of nitrogens with one attached hydrogen (secondary N) is 1. The van der Waals surface area contributed by atoms with Crippen molar-refractivity contribution in [3.63, 3.8) is 0 Å². The highest BCUT2D eigenvalue weighted by Crippen LogP contribution is 2.32. The van der Waals surface area contributed by atoms with Crippen LogP contribution in [0.5, 0.6) is 0 Å². The van der Waals surface area contributed by atoms with Gasteiger partial charge in [-0.05, 0) is 31.0 Å². The minimum atomic E-state index is -4.49. The predicted octanol–water partition coefficient (Wildman–Crippen LogP) is 4.20. The molecule has 1 fully saturated rings. The van der Waals surface area contributed by atoms with Crippen LogP contribution in [0.1, 0.15) is 31.2 Å². The van der Waals surface area contributed by atoms with Crippen LogP contribution in [-0.4, -0.2) is 6.04 Å². The van der Waals surface area contributed by atoms with Gasteiger partial charge in [-0.3, -0.25) is 0 Å². The third-order valence-corrected chi connectivity index (χ3v) is 3.01. The molecule has 0 radical (unpaired) electrons. The second-order valence-electron chi connectivity index (χ2n) is 4.32. The first-order valence-corrected chi connectivity index (χ1v) is 5.60. The van der Waals surface area contributed by atoms with E-state index in [-0.39, 0.29) is 11.7 Å². The van der Waals surface area contributed by atoms with Crippen molar-refractivity contribution >= 4 is 5.69 Å². The van der Waals surface area contributed by atoms with Crippen LogP contribution in [-0.2, 0) is 6.18 Å². The SMILES string of the molecule is Fc1cc(C(F)(F)F)ccc1NC1CCCC1. The summed E-state index contributed by atoms with van der Waals surface area (Å²) in [5, 5.41) is 2.95. The zero-order chi connectivity index (χ0) is 12.5. The quantitative estimate of drug-likeness (QED) is 0.772. The lowest BCUT2D eigenvalue weighted by Crippen LogP contribution is -2.16. The van der Waals surface area contributed by atoms with E-state index in [0.29, 0.717) is 6.07 Å². The Labute approximate surface area is 96.8 Å². The number of benzene rings is 1. The van der Waals surface area contributed by atoms with E-state index in [1.165, 1.54) is 0 Å². The Morgan fingerprint density at radius 2 is 1.76 bits per heavy atom. The molecule has 0 unspecified atom stereocenters. The first-order chi connectivity index (χ1) is 7.97. The second-order valence-corrected chi connectivity index (χ2v) is 4.32. The average molecular weight is 247 g/mol. The smallest absolute Gasteiger partial charge is 0.380 e. The van der Waals surface area contributed by atoms with Crippen molar-refractivity contribution in [3.8, 4) is 0 Å². The van der Waals surface area contributed by atoms with E-state index in [0.717, 1.165) is 37.8 Å². The van der Waals surface area contributed by atoms with Crippen LogP contribution in [0, 0.1) is 5.82 Å². The van der Waals surface area contributed by atoms with Crippen LogP contribution >= 0.6 is 0 Å². The molecule has 1 aliphatic carbocycles. The molecule has 0 heterocycles. The van der Waals surface area contributed by atoms with Crippen LogP contribution in [0.2, 0.25) is 0 Å².